The second-order valence-electron chi connectivity index (χ2n) is 7.33. The van der Waals surface area contributed by atoms with E-state index in [2.05, 4.69) is 27.0 Å². The number of likely N-dealkylation sites (N-methyl/N-ethyl adjacent to an activating group) is 1. The highest BCUT2D eigenvalue weighted by atomic mass is 16.5. The van der Waals surface area contributed by atoms with Crippen LogP contribution >= 0.6 is 0 Å². The largest absolute Gasteiger partial charge is 0.379 e. The van der Waals surface area contributed by atoms with Gasteiger partial charge in [0, 0.05) is 46.8 Å². The molecule has 0 aromatic heterocycles. The van der Waals surface area contributed by atoms with Crippen LogP contribution in [0.25, 0.3) is 0 Å². The summed E-state index contributed by atoms with van der Waals surface area (Å²) in [5.41, 5.74) is 0. The molecule has 1 N–H and O–H groups in total. The third-order valence-corrected chi connectivity index (χ3v) is 4.98. The van der Waals surface area contributed by atoms with Gasteiger partial charge >= 0.3 is 0 Å². The predicted molar refractivity (Wildman–Crippen MR) is 101 cm³/mol. The first-order valence-corrected chi connectivity index (χ1v) is 9.60. The molecule has 0 saturated carbocycles. The molecule has 2 aliphatic heterocycles. The normalized spacial score (nSPS) is 20.6. The van der Waals surface area contributed by atoms with E-state index < -0.39 is 0 Å². The number of ether oxygens (including phenoxy) is 1. The first-order chi connectivity index (χ1) is 12.1. The second kappa shape index (κ2) is 10.6. The maximum atomic E-state index is 11.9. The van der Waals surface area contributed by atoms with E-state index in [0.29, 0.717) is 0 Å². The predicted octanol–water partition coefficient (Wildman–Crippen LogP) is 0.474. The number of hydrogen-bond donors (Lipinski definition) is 1. The SMILES string of the molecule is CC1CCN(C(=NCC(=O)N(C)C)NCCCN2CCOCC2)CC1. The first-order valence-electron chi connectivity index (χ1n) is 9.60. The molecule has 0 spiro atoms. The summed E-state index contributed by atoms with van der Waals surface area (Å²) in [5, 5.41) is 3.49. The molecule has 7 heteroatoms. The van der Waals surface area contributed by atoms with Crippen molar-refractivity contribution in [1.82, 2.24) is 20.0 Å². The molecule has 1 amide bonds. The number of guanidine groups is 1. The highest BCUT2D eigenvalue weighted by Crippen LogP contribution is 2.15. The van der Waals surface area contributed by atoms with Crippen molar-refractivity contribution in [3.63, 3.8) is 0 Å². The van der Waals surface area contributed by atoms with Crippen molar-refractivity contribution in [2.24, 2.45) is 10.9 Å². The van der Waals surface area contributed by atoms with Crippen LogP contribution in [0.4, 0.5) is 0 Å². The van der Waals surface area contributed by atoms with Gasteiger partial charge in [-0.3, -0.25) is 9.69 Å². The van der Waals surface area contributed by atoms with Gasteiger partial charge in [-0.25, -0.2) is 4.99 Å². The number of carbonyl (C=O) groups excluding carboxylic acids is 1. The van der Waals surface area contributed by atoms with Crippen LogP contribution in [-0.2, 0) is 9.53 Å². The zero-order valence-corrected chi connectivity index (χ0v) is 16.2. The fraction of sp³-hybridized carbons (Fsp3) is 0.889. The van der Waals surface area contributed by atoms with Gasteiger partial charge in [0.25, 0.3) is 0 Å². The summed E-state index contributed by atoms with van der Waals surface area (Å²) in [6, 6.07) is 0. The van der Waals surface area contributed by atoms with Gasteiger partial charge in [-0.15, -0.1) is 0 Å². The minimum Gasteiger partial charge on any atom is -0.379 e. The first kappa shape index (κ1) is 20.0. The van der Waals surface area contributed by atoms with Gasteiger partial charge in [0.15, 0.2) is 5.96 Å². The molecule has 0 aliphatic carbocycles. The smallest absolute Gasteiger partial charge is 0.243 e. The summed E-state index contributed by atoms with van der Waals surface area (Å²) in [7, 11) is 3.55. The number of rotatable bonds is 6. The molecule has 2 rings (SSSR count). The van der Waals surface area contributed by atoms with Crippen molar-refractivity contribution in [2.75, 3.05) is 73.1 Å². The lowest BCUT2D eigenvalue weighted by molar-refractivity contribution is -0.127. The Bertz CT molecular complexity index is 427. The molecule has 0 aromatic carbocycles. The molecule has 0 bridgehead atoms. The molecule has 0 radical (unpaired) electrons. The summed E-state index contributed by atoms with van der Waals surface area (Å²) < 4.78 is 5.39. The number of aliphatic imine (C=N–C) groups is 1. The number of piperidine rings is 1. The lowest BCUT2D eigenvalue weighted by Gasteiger charge is -2.33. The molecule has 0 atom stereocenters. The zero-order valence-electron chi connectivity index (χ0n) is 16.2. The van der Waals surface area contributed by atoms with Crippen LogP contribution < -0.4 is 5.32 Å². The van der Waals surface area contributed by atoms with Gasteiger partial charge in [-0.05, 0) is 31.7 Å². The molecule has 0 aromatic rings. The van der Waals surface area contributed by atoms with Crippen molar-refractivity contribution in [2.45, 2.75) is 26.2 Å². The maximum absolute atomic E-state index is 11.9. The third-order valence-electron chi connectivity index (χ3n) is 4.98. The van der Waals surface area contributed by atoms with E-state index in [4.69, 9.17) is 4.74 Å². The Labute approximate surface area is 152 Å². The molecule has 2 saturated heterocycles. The van der Waals surface area contributed by atoms with Gasteiger partial charge < -0.3 is 19.9 Å². The van der Waals surface area contributed by atoms with Gasteiger partial charge in [0.2, 0.25) is 5.91 Å². The summed E-state index contributed by atoms with van der Waals surface area (Å²) >= 11 is 0. The van der Waals surface area contributed by atoms with Crippen molar-refractivity contribution >= 4 is 11.9 Å². The number of carbonyl (C=O) groups is 1. The summed E-state index contributed by atoms with van der Waals surface area (Å²) in [4.78, 5) is 22.8. The number of morpholine rings is 1. The summed E-state index contributed by atoms with van der Waals surface area (Å²) in [6.07, 6.45) is 3.46. The maximum Gasteiger partial charge on any atom is 0.243 e. The van der Waals surface area contributed by atoms with E-state index in [1.54, 1.807) is 19.0 Å². The Morgan fingerprint density at radius 1 is 1.20 bits per heavy atom. The quantitative estimate of drug-likeness (QED) is 0.427. The van der Waals surface area contributed by atoms with Crippen LogP contribution in [0, 0.1) is 5.92 Å². The molecule has 0 unspecified atom stereocenters. The number of nitrogens with zero attached hydrogens (tertiary/aromatic N) is 4. The van der Waals surface area contributed by atoms with Crippen LogP contribution in [0.1, 0.15) is 26.2 Å². The average Bonchev–Trinajstić information content (AvgIpc) is 2.62. The van der Waals surface area contributed by atoms with E-state index in [-0.39, 0.29) is 12.5 Å². The Morgan fingerprint density at radius 3 is 2.52 bits per heavy atom. The molecular formula is C18H35N5O2. The topological polar surface area (TPSA) is 60.4 Å². The van der Waals surface area contributed by atoms with Crippen LogP contribution in [0.5, 0.6) is 0 Å². The van der Waals surface area contributed by atoms with Crippen LogP contribution in [0.3, 0.4) is 0 Å². The Balaban J connectivity index is 1.80. The fourth-order valence-electron chi connectivity index (χ4n) is 3.10. The molecule has 2 aliphatic rings. The van der Waals surface area contributed by atoms with E-state index in [0.717, 1.165) is 70.8 Å². The molecule has 7 nitrogen and oxygen atoms in total. The van der Waals surface area contributed by atoms with Gasteiger partial charge in [-0.2, -0.15) is 0 Å². The van der Waals surface area contributed by atoms with Gasteiger partial charge in [0.1, 0.15) is 6.54 Å². The van der Waals surface area contributed by atoms with Gasteiger partial charge in [-0.1, -0.05) is 6.92 Å². The van der Waals surface area contributed by atoms with Crippen molar-refractivity contribution in [3.05, 3.63) is 0 Å². The Kier molecular flexibility index (Phi) is 8.48. The molecule has 2 fully saturated rings. The number of likely N-dealkylation sites (tertiary alicyclic amines) is 1. The number of hydrogen-bond acceptors (Lipinski definition) is 4. The zero-order chi connectivity index (χ0) is 18.1. The minimum atomic E-state index is 0.0398. The van der Waals surface area contributed by atoms with E-state index in [1.807, 2.05) is 0 Å². The van der Waals surface area contributed by atoms with E-state index >= 15 is 0 Å². The second-order valence-corrected chi connectivity index (χ2v) is 7.33. The van der Waals surface area contributed by atoms with Crippen LogP contribution in [-0.4, -0.2) is 99.7 Å². The Hall–Kier alpha value is -1.34. The number of amides is 1. The highest BCUT2D eigenvalue weighted by Gasteiger charge is 2.19. The monoisotopic (exact) mass is 353 g/mol. The summed E-state index contributed by atoms with van der Waals surface area (Å²) in [5.74, 6) is 1.71. The van der Waals surface area contributed by atoms with E-state index in [9.17, 15) is 4.79 Å². The lowest BCUT2D eigenvalue weighted by atomic mass is 10.00. The standard InChI is InChI=1S/C18H35N5O2/c1-16-5-9-23(10-6-16)18(20-15-17(24)21(2)3)19-7-4-8-22-11-13-25-14-12-22/h16H,4-15H2,1-3H3,(H,19,20). The highest BCUT2D eigenvalue weighted by molar-refractivity contribution is 5.84. The van der Waals surface area contributed by atoms with Crippen molar-refractivity contribution < 1.29 is 9.53 Å². The summed E-state index contributed by atoms with van der Waals surface area (Å²) in [6.45, 7) is 10.3. The molecule has 25 heavy (non-hydrogen) atoms. The van der Waals surface area contributed by atoms with E-state index in [1.165, 1.54) is 12.8 Å². The number of nitrogens with one attached hydrogen (secondary N) is 1. The molecule has 144 valence electrons. The molecular weight excluding hydrogens is 318 g/mol. The van der Waals surface area contributed by atoms with Gasteiger partial charge in [0.05, 0.1) is 13.2 Å². The fourth-order valence-corrected chi connectivity index (χ4v) is 3.10. The van der Waals surface area contributed by atoms with Crippen LogP contribution in [0.2, 0.25) is 0 Å². The Morgan fingerprint density at radius 2 is 1.88 bits per heavy atom. The molecule has 2 heterocycles. The lowest BCUT2D eigenvalue weighted by Crippen LogP contribution is -2.46. The van der Waals surface area contributed by atoms with Crippen molar-refractivity contribution in [3.8, 4) is 0 Å². The average molecular weight is 354 g/mol. The third kappa shape index (κ3) is 7.20. The van der Waals surface area contributed by atoms with Crippen LogP contribution in [0.15, 0.2) is 4.99 Å². The van der Waals surface area contributed by atoms with Crippen molar-refractivity contribution in [1.29, 1.82) is 0 Å². The minimum absolute atomic E-state index is 0.0398.